The quantitative estimate of drug-likeness (QED) is 0.418. The van der Waals surface area contributed by atoms with E-state index in [0.717, 1.165) is 12.6 Å². The van der Waals surface area contributed by atoms with Crippen LogP contribution in [0.15, 0.2) is 18.2 Å². The molecule has 0 aliphatic heterocycles. The Morgan fingerprint density at radius 2 is 1.58 bits per heavy atom. The van der Waals surface area contributed by atoms with Gasteiger partial charge in [-0.25, -0.2) is 8.78 Å². The summed E-state index contributed by atoms with van der Waals surface area (Å²) in [5.74, 6) is -1.36. The zero-order valence-electron chi connectivity index (χ0n) is 12.1. The molecule has 0 fully saturated rings. The van der Waals surface area contributed by atoms with Crippen molar-refractivity contribution in [1.29, 1.82) is 0 Å². The summed E-state index contributed by atoms with van der Waals surface area (Å²) in [5, 5.41) is 0.584. The third kappa shape index (κ3) is 5.99. The monoisotopic (exact) mass is 286 g/mol. The average molecular weight is 286 g/mol. The first-order valence-electron chi connectivity index (χ1n) is 7.32. The molecule has 0 aliphatic carbocycles. The Hall–Kier alpha value is -0.490. The summed E-state index contributed by atoms with van der Waals surface area (Å²) in [6, 6.07) is 4.53. The largest absolute Gasteiger partial charge is 0.204 e. The van der Waals surface area contributed by atoms with Gasteiger partial charge in [-0.15, -0.1) is 0 Å². The van der Waals surface area contributed by atoms with E-state index >= 15 is 0 Å². The van der Waals surface area contributed by atoms with Gasteiger partial charge >= 0.3 is 0 Å². The van der Waals surface area contributed by atoms with Crippen molar-refractivity contribution in [2.24, 2.45) is 0 Å². The topological polar surface area (TPSA) is 0 Å². The van der Waals surface area contributed by atoms with Crippen LogP contribution in [0.5, 0.6) is 0 Å². The van der Waals surface area contributed by atoms with E-state index < -0.39 is 19.6 Å². The van der Waals surface area contributed by atoms with Crippen molar-refractivity contribution in [3.63, 3.8) is 0 Å². The Morgan fingerprint density at radius 1 is 0.947 bits per heavy atom. The number of halogens is 2. The molecule has 0 radical (unpaired) electrons. The normalized spacial score (nSPS) is 12.6. The molecule has 108 valence electrons. The van der Waals surface area contributed by atoms with Crippen molar-refractivity contribution in [1.82, 2.24) is 0 Å². The molecule has 0 aliphatic rings. The van der Waals surface area contributed by atoms with E-state index in [4.69, 9.17) is 0 Å². The molecule has 3 heteroatoms. The molecule has 0 amide bonds. The summed E-state index contributed by atoms with van der Waals surface area (Å²) >= 11 is 0. The lowest BCUT2D eigenvalue weighted by molar-refractivity contribution is 0.514. The number of unbranched alkanes of at least 4 members (excludes halogenated alkanes) is 6. The van der Waals surface area contributed by atoms with Gasteiger partial charge in [0.15, 0.2) is 11.6 Å². The number of hydrogen-bond donors (Lipinski definition) is 0. The molecule has 0 bridgehead atoms. The molecular weight excluding hydrogens is 261 g/mol. The fourth-order valence-corrected chi connectivity index (χ4v) is 3.94. The van der Waals surface area contributed by atoms with Crippen molar-refractivity contribution >= 4 is 13.2 Å². The van der Waals surface area contributed by atoms with Gasteiger partial charge in [-0.05, 0) is 25.3 Å². The Balaban J connectivity index is 2.24. The molecule has 0 spiro atoms. The second-order valence-corrected chi connectivity index (χ2v) is 7.44. The first-order chi connectivity index (χ1) is 9.16. The summed E-state index contributed by atoms with van der Waals surface area (Å²) in [6.45, 7) is 4.27. The van der Waals surface area contributed by atoms with Crippen molar-refractivity contribution in [3.8, 4) is 0 Å². The van der Waals surface area contributed by atoms with E-state index in [1.165, 1.54) is 44.6 Å². The lowest BCUT2D eigenvalue weighted by atomic mass is 10.1. The fraction of sp³-hybridized carbons (Fsp3) is 0.625. The van der Waals surface area contributed by atoms with Gasteiger partial charge in [0.2, 0.25) is 0 Å². The Kier molecular flexibility index (Phi) is 8.21. The molecule has 19 heavy (non-hydrogen) atoms. The van der Waals surface area contributed by atoms with Gasteiger partial charge in [-0.1, -0.05) is 65.5 Å². The van der Waals surface area contributed by atoms with Crippen molar-refractivity contribution in [2.75, 3.05) is 12.8 Å². The number of benzene rings is 1. The predicted octanol–water partition coefficient (Wildman–Crippen LogP) is 5.45. The van der Waals surface area contributed by atoms with Crippen molar-refractivity contribution in [3.05, 3.63) is 29.8 Å². The van der Waals surface area contributed by atoms with Crippen LogP contribution in [0.4, 0.5) is 8.78 Å². The maximum Gasteiger partial charge on any atom is 0.166 e. The highest BCUT2D eigenvalue weighted by atomic mass is 31.1. The van der Waals surface area contributed by atoms with Crippen LogP contribution in [0, 0.1) is 11.6 Å². The second kappa shape index (κ2) is 9.42. The van der Waals surface area contributed by atoms with E-state index in [1.807, 2.05) is 6.66 Å². The first-order valence-corrected chi connectivity index (χ1v) is 9.29. The summed E-state index contributed by atoms with van der Waals surface area (Å²) < 4.78 is 26.7. The van der Waals surface area contributed by atoms with Crippen LogP contribution < -0.4 is 5.30 Å². The van der Waals surface area contributed by atoms with Gasteiger partial charge < -0.3 is 0 Å². The highest BCUT2D eigenvalue weighted by molar-refractivity contribution is 7.64. The van der Waals surface area contributed by atoms with Crippen LogP contribution >= 0.6 is 7.92 Å². The Labute approximate surface area is 117 Å². The van der Waals surface area contributed by atoms with Gasteiger partial charge in [0, 0.05) is 5.30 Å². The van der Waals surface area contributed by atoms with E-state index in [2.05, 4.69) is 6.92 Å². The molecule has 1 unspecified atom stereocenters. The fourth-order valence-electron chi connectivity index (χ4n) is 2.21. The minimum absolute atomic E-state index is 0.555. The van der Waals surface area contributed by atoms with Crippen LogP contribution in [-0.4, -0.2) is 12.8 Å². The third-order valence-electron chi connectivity index (χ3n) is 3.44. The summed E-state index contributed by atoms with van der Waals surface area (Å²) in [5.41, 5.74) is 0. The summed E-state index contributed by atoms with van der Waals surface area (Å²) in [6.07, 6.45) is 9.86. The maximum atomic E-state index is 13.6. The van der Waals surface area contributed by atoms with E-state index in [9.17, 15) is 8.78 Å². The molecule has 0 saturated heterocycles. The lowest BCUT2D eigenvalue weighted by Crippen LogP contribution is -2.10. The second-order valence-electron chi connectivity index (χ2n) is 5.12. The SMILES string of the molecule is CCCCCCCCCP(C)c1cccc(F)c1F. The summed E-state index contributed by atoms with van der Waals surface area (Å²) in [7, 11) is -0.555. The van der Waals surface area contributed by atoms with Gasteiger partial charge in [-0.2, -0.15) is 0 Å². The van der Waals surface area contributed by atoms with E-state index in [0.29, 0.717) is 5.30 Å². The van der Waals surface area contributed by atoms with Crippen LogP contribution in [0.1, 0.15) is 51.9 Å². The Morgan fingerprint density at radius 3 is 2.26 bits per heavy atom. The average Bonchev–Trinajstić information content (AvgIpc) is 2.40. The molecule has 1 aromatic rings. The van der Waals surface area contributed by atoms with Crippen molar-refractivity contribution < 1.29 is 8.78 Å². The zero-order valence-corrected chi connectivity index (χ0v) is 13.0. The molecule has 0 nitrogen and oxygen atoms in total. The Bertz CT molecular complexity index is 366. The highest BCUT2D eigenvalue weighted by Gasteiger charge is 2.13. The van der Waals surface area contributed by atoms with Crippen molar-refractivity contribution in [2.45, 2.75) is 51.9 Å². The van der Waals surface area contributed by atoms with Crippen LogP contribution in [0.2, 0.25) is 0 Å². The standard InChI is InChI=1S/C16H25F2P/c1-3-4-5-6-7-8-9-13-19(2)15-12-10-11-14(17)16(15)18/h10-12H,3-9,13H2,1-2H3. The van der Waals surface area contributed by atoms with Gasteiger partial charge in [0.25, 0.3) is 0 Å². The number of hydrogen-bond acceptors (Lipinski definition) is 0. The smallest absolute Gasteiger partial charge is 0.166 e. The molecule has 0 heterocycles. The van der Waals surface area contributed by atoms with Gasteiger partial charge in [0.1, 0.15) is 0 Å². The van der Waals surface area contributed by atoms with E-state index in [1.54, 1.807) is 12.1 Å². The van der Waals surface area contributed by atoms with Gasteiger partial charge in [-0.3, -0.25) is 0 Å². The van der Waals surface area contributed by atoms with Crippen LogP contribution in [0.3, 0.4) is 0 Å². The molecular formula is C16H25F2P. The first kappa shape index (κ1) is 16.6. The molecule has 1 aromatic carbocycles. The lowest BCUT2D eigenvalue weighted by Gasteiger charge is -2.13. The highest BCUT2D eigenvalue weighted by Crippen LogP contribution is 2.32. The number of rotatable bonds is 9. The molecule has 1 atom stereocenters. The van der Waals surface area contributed by atoms with E-state index in [-0.39, 0.29) is 0 Å². The molecule has 0 saturated carbocycles. The molecule has 0 aromatic heterocycles. The van der Waals surface area contributed by atoms with Gasteiger partial charge in [0.05, 0.1) is 0 Å². The third-order valence-corrected chi connectivity index (χ3v) is 5.59. The van der Waals surface area contributed by atoms with Crippen LogP contribution in [-0.2, 0) is 0 Å². The minimum Gasteiger partial charge on any atom is -0.204 e. The minimum atomic E-state index is -0.716. The zero-order chi connectivity index (χ0) is 14.1. The molecule has 0 N–H and O–H groups in total. The van der Waals surface area contributed by atoms with Crippen LogP contribution in [0.25, 0.3) is 0 Å². The molecule has 1 rings (SSSR count). The summed E-state index contributed by atoms with van der Waals surface area (Å²) in [4.78, 5) is 0. The predicted molar refractivity (Wildman–Crippen MR) is 81.7 cm³/mol. The maximum absolute atomic E-state index is 13.6.